The first-order chi connectivity index (χ1) is 14.9. The van der Waals surface area contributed by atoms with Gasteiger partial charge >= 0.3 is 11.9 Å². The Balaban J connectivity index is 2.01. The van der Waals surface area contributed by atoms with Crippen molar-refractivity contribution >= 4 is 17.7 Å². The van der Waals surface area contributed by atoms with Gasteiger partial charge in [-0.15, -0.1) is 0 Å². The molecule has 1 aliphatic rings. The number of hydrogen-bond donors (Lipinski definition) is 2. The molecule has 0 bridgehead atoms. The van der Waals surface area contributed by atoms with E-state index in [4.69, 9.17) is 9.47 Å². The van der Waals surface area contributed by atoms with Crippen LogP contribution in [-0.2, 0) is 25.5 Å². The molecule has 1 saturated carbocycles. The maximum absolute atomic E-state index is 12.5. The first-order valence-electron chi connectivity index (χ1n) is 10.9. The zero-order valence-corrected chi connectivity index (χ0v) is 18.2. The van der Waals surface area contributed by atoms with Crippen molar-refractivity contribution in [3.05, 3.63) is 47.2 Å². The minimum absolute atomic E-state index is 0.114. The van der Waals surface area contributed by atoms with Gasteiger partial charge in [0, 0.05) is 6.42 Å². The lowest BCUT2D eigenvalue weighted by Crippen LogP contribution is -2.32. The second kappa shape index (κ2) is 12.2. The van der Waals surface area contributed by atoms with E-state index in [1.807, 2.05) is 0 Å². The Kier molecular flexibility index (Phi) is 9.72. The van der Waals surface area contributed by atoms with Crippen LogP contribution in [0.2, 0.25) is 0 Å². The molecule has 170 valence electrons. The number of benzene rings is 1. The number of aliphatic hydroxyl groups is 2. The van der Waals surface area contributed by atoms with Crippen molar-refractivity contribution < 1.29 is 34.1 Å². The largest absolute Gasteiger partial charge is 0.512 e. The van der Waals surface area contributed by atoms with Gasteiger partial charge in [0.25, 0.3) is 0 Å². The van der Waals surface area contributed by atoms with Crippen molar-refractivity contribution in [3.63, 3.8) is 0 Å². The molecule has 7 heteroatoms. The van der Waals surface area contributed by atoms with Gasteiger partial charge < -0.3 is 19.7 Å². The van der Waals surface area contributed by atoms with Crippen LogP contribution < -0.4 is 0 Å². The predicted molar refractivity (Wildman–Crippen MR) is 115 cm³/mol. The summed E-state index contributed by atoms with van der Waals surface area (Å²) in [6, 6.07) is 6.43. The first-order valence-corrected chi connectivity index (χ1v) is 10.9. The van der Waals surface area contributed by atoms with Crippen LogP contribution in [0, 0.1) is 5.92 Å². The topological polar surface area (TPSA) is 110 Å². The number of carbonyl (C=O) groups is 3. The minimum Gasteiger partial charge on any atom is -0.512 e. The van der Waals surface area contributed by atoms with Crippen LogP contribution in [0.5, 0.6) is 0 Å². The average molecular weight is 433 g/mol. The molecule has 1 aromatic carbocycles. The van der Waals surface area contributed by atoms with Crippen LogP contribution >= 0.6 is 0 Å². The molecular weight excluding hydrogens is 400 g/mol. The van der Waals surface area contributed by atoms with Crippen LogP contribution in [0.4, 0.5) is 0 Å². The van der Waals surface area contributed by atoms with Gasteiger partial charge in [-0.2, -0.15) is 0 Å². The van der Waals surface area contributed by atoms with Gasteiger partial charge in [-0.05, 0) is 43.5 Å². The fourth-order valence-electron chi connectivity index (χ4n) is 3.67. The van der Waals surface area contributed by atoms with E-state index >= 15 is 0 Å². The predicted octanol–water partition coefficient (Wildman–Crippen LogP) is 3.68. The van der Waals surface area contributed by atoms with Crippen molar-refractivity contribution in [1.82, 2.24) is 0 Å². The van der Waals surface area contributed by atoms with E-state index in [2.05, 4.69) is 6.92 Å². The maximum atomic E-state index is 12.5. The van der Waals surface area contributed by atoms with Crippen LogP contribution in [0.1, 0.15) is 68.3 Å². The van der Waals surface area contributed by atoms with Gasteiger partial charge in [0.2, 0.25) is 0 Å². The van der Waals surface area contributed by atoms with E-state index in [0.29, 0.717) is 17.5 Å². The molecule has 0 aliphatic heterocycles. The highest BCUT2D eigenvalue weighted by Gasteiger charge is 2.46. The van der Waals surface area contributed by atoms with Crippen molar-refractivity contribution in [2.75, 3.05) is 6.61 Å². The Bertz CT molecular complexity index is 799. The quantitative estimate of drug-likeness (QED) is 0.312. The second-order valence-corrected chi connectivity index (χ2v) is 7.75. The number of allylic oxidation sites excluding steroid dienone is 1. The zero-order valence-electron chi connectivity index (χ0n) is 18.2. The highest BCUT2D eigenvalue weighted by Crippen LogP contribution is 2.32. The first kappa shape index (κ1) is 24.6. The third-order valence-corrected chi connectivity index (χ3v) is 5.27. The molecule has 0 radical (unpaired) electrons. The molecule has 7 nitrogen and oxygen atoms in total. The number of rotatable bonds is 11. The number of Topliss-reactive ketones (excluding diaryl/α,β-unsaturated/α-hetero) is 1. The van der Waals surface area contributed by atoms with E-state index in [-0.39, 0.29) is 25.2 Å². The fourth-order valence-corrected chi connectivity index (χ4v) is 3.67. The summed E-state index contributed by atoms with van der Waals surface area (Å²) >= 11 is 0. The molecule has 2 N–H and O–H groups in total. The van der Waals surface area contributed by atoms with Crippen LogP contribution in [0.3, 0.4) is 0 Å². The van der Waals surface area contributed by atoms with E-state index in [1.165, 1.54) is 6.07 Å². The number of unbranched alkanes of at least 4 members (excludes halogenated alkanes) is 4. The Morgan fingerprint density at radius 2 is 1.97 bits per heavy atom. The molecule has 3 unspecified atom stereocenters. The highest BCUT2D eigenvalue weighted by molar-refractivity contribution is 5.91. The standard InChI is InChI=1S/C24H32O7/c1-3-5-6-7-8-12-18(25)22-19(26)15-20(27)23(22)31-21(28)14-16-10-9-11-17(13-16)24(29)30-4-2/h9-13,19,22-23,25-26H,3-8,14-15H2,1-2H3/b18-12+. The Hall–Kier alpha value is -2.67. The maximum Gasteiger partial charge on any atom is 0.338 e. The van der Waals surface area contributed by atoms with Crippen molar-refractivity contribution in [2.24, 2.45) is 5.92 Å². The summed E-state index contributed by atoms with van der Waals surface area (Å²) in [5, 5.41) is 20.6. The lowest BCUT2D eigenvalue weighted by molar-refractivity contribution is -0.155. The molecule has 2 rings (SSSR count). The molecule has 0 amide bonds. The van der Waals surface area contributed by atoms with Gasteiger partial charge in [-0.1, -0.05) is 38.3 Å². The normalized spacial score (nSPS) is 21.2. The van der Waals surface area contributed by atoms with Crippen LogP contribution in [-0.4, -0.2) is 46.7 Å². The molecule has 3 atom stereocenters. The van der Waals surface area contributed by atoms with Gasteiger partial charge in [0.15, 0.2) is 11.9 Å². The van der Waals surface area contributed by atoms with Crippen LogP contribution in [0.25, 0.3) is 0 Å². The van der Waals surface area contributed by atoms with Gasteiger partial charge in [-0.25, -0.2) is 4.79 Å². The van der Waals surface area contributed by atoms with Crippen molar-refractivity contribution in [3.8, 4) is 0 Å². The van der Waals surface area contributed by atoms with Crippen molar-refractivity contribution in [1.29, 1.82) is 0 Å². The molecule has 1 fully saturated rings. The zero-order chi connectivity index (χ0) is 22.8. The Morgan fingerprint density at radius 3 is 2.68 bits per heavy atom. The lowest BCUT2D eigenvalue weighted by atomic mass is 9.99. The van der Waals surface area contributed by atoms with E-state index < -0.39 is 35.8 Å². The molecule has 0 heterocycles. The number of carbonyl (C=O) groups excluding carboxylic acids is 3. The summed E-state index contributed by atoms with van der Waals surface area (Å²) in [6.07, 6.45) is 3.74. The summed E-state index contributed by atoms with van der Waals surface area (Å²) in [6.45, 7) is 4.06. The number of aliphatic hydroxyl groups excluding tert-OH is 2. The van der Waals surface area contributed by atoms with Gasteiger partial charge in [0.1, 0.15) is 0 Å². The molecular formula is C24H32O7. The summed E-state index contributed by atoms with van der Waals surface area (Å²) in [4.78, 5) is 36.6. The smallest absolute Gasteiger partial charge is 0.338 e. The number of ether oxygens (including phenoxy) is 2. The SMILES string of the molecule is CCCCCC/C=C(/O)C1C(O)CC(=O)C1OC(=O)Cc1cccc(C(=O)OCC)c1. The van der Waals surface area contributed by atoms with Gasteiger partial charge in [-0.3, -0.25) is 9.59 Å². The van der Waals surface area contributed by atoms with E-state index in [0.717, 1.165) is 25.7 Å². The molecule has 0 saturated heterocycles. The number of hydrogen-bond acceptors (Lipinski definition) is 7. The summed E-state index contributed by atoms with van der Waals surface area (Å²) in [7, 11) is 0. The third-order valence-electron chi connectivity index (χ3n) is 5.27. The third kappa shape index (κ3) is 7.21. The second-order valence-electron chi connectivity index (χ2n) is 7.75. The highest BCUT2D eigenvalue weighted by atomic mass is 16.6. The molecule has 1 aliphatic carbocycles. The Labute approximate surface area is 183 Å². The average Bonchev–Trinajstić information content (AvgIpc) is 3.00. The van der Waals surface area contributed by atoms with Crippen molar-refractivity contribution in [2.45, 2.75) is 71.0 Å². The van der Waals surface area contributed by atoms with E-state index in [9.17, 15) is 24.6 Å². The number of ketones is 1. The minimum atomic E-state index is -1.22. The van der Waals surface area contributed by atoms with Crippen LogP contribution in [0.15, 0.2) is 36.1 Å². The molecule has 1 aromatic rings. The molecule has 31 heavy (non-hydrogen) atoms. The lowest BCUT2D eigenvalue weighted by Gasteiger charge is -2.21. The van der Waals surface area contributed by atoms with Gasteiger partial charge in [0.05, 0.1) is 36.4 Å². The Morgan fingerprint density at radius 1 is 1.19 bits per heavy atom. The number of esters is 2. The monoisotopic (exact) mass is 432 g/mol. The van der Waals surface area contributed by atoms with E-state index in [1.54, 1.807) is 31.2 Å². The summed E-state index contributed by atoms with van der Waals surface area (Å²) < 4.78 is 10.3. The fraction of sp³-hybridized carbons (Fsp3) is 0.542. The summed E-state index contributed by atoms with van der Waals surface area (Å²) in [5.74, 6) is -2.64. The summed E-state index contributed by atoms with van der Waals surface area (Å²) in [5.41, 5.74) is 0.856. The molecule has 0 spiro atoms. The molecule has 0 aromatic heterocycles.